The summed E-state index contributed by atoms with van der Waals surface area (Å²) in [5, 5.41) is 12.4. The minimum atomic E-state index is 0.211. The first-order valence-corrected chi connectivity index (χ1v) is 5.55. The van der Waals surface area contributed by atoms with Crippen LogP contribution in [0.4, 0.5) is 0 Å². The molecule has 0 saturated carbocycles. The van der Waals surface area contributed by atoms with E-state index in [2.05, 4.69) is 31.1 Å². The summed E-state index contributed by atoms with van der Waals surface area (Å²) in [7, 11) is 0. The van der Waals surface area contributed by atoms with Crippen LogP contribution in [-0.2, 0) is 0 Å². The number of hydrogen-bond donors (Lipinski definition) is 1. The van der Waals surface area contributed by atoms with Crippen molar-refractivity contribution in [2.24, 2.45) is 5.16 Å². The zero-order valence-electron chi connectivity index (χ0n) is 9.48. The van der Waals surface area contributed by atoms with Gasteiger partial charge in [-0.3, -0.25) is 0 Å². The molecule has 0 radical (unpaired) electrons. The summed E-state index contributed by atoms with van der Waals surface area (Å²) in [5.41, 5.74) is 2.09. The first kappa shape index (κ1) is 11.8. The van der Waals surface area contributed by atoms with Gasteiger partial charge in [-0.15, -0.1) is 0 Å². The highest BCUT2D eigenvalue weighted by atomic mass is 16.4. The summed E-state index contributed by atoms with van der Waals surface area (Å²) < 4.78 is 0. The SMILES string of the molecule is CCCC/C(=N\O)C(C)c1ccccc1. The minimum Gasteiger partial charge on any atom is -0.411 e. The van der Waals surface area contributed by atoms with Crippen molar-refractivity contribution in [2.45, 2.75) is 39.0 Å². The van der Waals surface area contributed by atoms with Gasteiger partial charge in [-0.05, 0) is 18.4 Å². The lowest BCUT2D eigenvalue weighted by atomic mass is 9.93. The van der Waals surface area contributed by atoms with Crippen LogP contribution in [0.15, 0.2) is 35.5 Å². The molecule has 0 bridgehead atoms. The van der Waals surface area contributed by atoms with Gasteiger partial charge in [-0.2, -0.15) is 0 Å². The monoisotopic (exact) mass is 205 g/mol. The van der Waals surface area contributed by atoms with Gasteiger partial charge in [0.1, 0.15) is 0 Å². The molecule has 0 aliphatic rings. The summed E-state index contributed by atoms with van der Waals surface area (Å²) in [4.78, 5) is 0. The molecule has 1 atom stereocenters. The molecular weight excluding hydrogens is 186 g/mol. The van der Waals surface area contributed by atoms with Crippen LogP contribution in [0.25, 0.3) is 0 Å². The third-order valence-corrected chi connectivity index (χ3v) is 2.71. The van der Waals surface area contributed by atoms with Crippen LogP contribution in [0, 0.1) is 0 Å². The Kier molecular flexibility index (Phi) is 4.88. The zero-order chi connectivity index (χ0) is 11.1. The molecule has 15 heavy (non-hydrogen) atoms. The standard InChI is InChI=1S/C13H19NO/c1-3-4-10-13(14-15)11(2)12-8-6-5-7-9-12/h5-9,11,15H,3-4,10H2,1-2H3/b14-13+. The van der Waals surface area contributed by atoms with E-state index in [1.807, 2.05) is 18.2 Å². The van der Waals surface area contributed by atoms with Crippen LogP contribution in [0.5, 0.6) is 0 Å². The largest absolute Gasteiger partial charge is 0.411 e. The Bertz CT molecular complexity index is 306. The van der Waals surface area contributed by atoms with E-state index in [9.17, 15) is 0 Å². The molecule has 0 aromatic heterocycles. The lowest BCUT2D eigenvalue weighted by Crippen LogP contribution is -2.09. The first-order chi connectivity index (χ1) is 7.29. The molecule has 1 rings (SSSR count). The van der Waals surface area contributed by atoms with Gasteiger partial charge < -0.3 is 5.21 Å². The Balaban J connectivity index is 2.70. The van der Waals surface area contributed by atoms with Crippen molar-refractivity contribution >= 4 is 5.71 Å². The number of nitrogens with zero attached hydrogens (tertiary/aromatic N) is 1. The molecular formula is C13H19NO. The Morgan fingerprint density at radius 1 is 1.33 bits per heavy atom. The van der Waals surface area contributed by atoms with Gasteiger partial charge in [0, 0.05) is 5.92 Å². The van der Waals surface area contributed by atoms with E-state index in [0.29, 0.717) is 0 Å². The van der Waals surface area contributed by atoms with Crippen molar-refractivity contribution in [1.82, 2.24) is 0 Å². The average molecular weight is 205 g/mol. The third kappa shape index (κ3) is 3.39. The molecule has 0 aliphatic heterocycles. The molecule has 2 nitrogen and oxygen atoms in total. The first-order valence-electron chi connectivity index (χ1n) is 5.55. The van der Waals surface area contributed by atoms with E-state index in [1.165, 1.54) is 5.56 Å². The van der Waals surface area contributed by atoms with Crippen LogP contribution >= 0.6 is 0 Å². The average Bonchev–Trinajstić information content (AvgIpc) is 2.31. The predicted octanol–water partition coefficient (Wildman–Crippen LogP) is 3.81. The van der Waals surface area contributed by atoms with Gasteiger partial charge >= 0.3 is 0 Å². The summed E-state index contributed by atoms with van der Waals surface area (Å²) in [6.45, 7) is 4.22. The molecule has 0 fully saturated rings. The van der Waals surface area contributed by atoms with Crippen LogP contribution in [0.2, 0.25) is 0 Å². The molecule has 1 N–H and O–H groups in total. The smallest absolute Gasteiger partial charge is 0.0642 e. The number of unbranched alkanes of at least 4 members (excludes halogenated alkanes) is 1. The number of benzene rings is 1. The van der Waals surface area contributed by atoms with E-state index in [4.69, 9.17) is 5.21 Å². The van der Waals surface area contributed by atoms with E-state index in [1.54, 1.807) is 0 Å². The zero-order valence-corrected chi connectivity index (χ0v) is 9.48. The topological polar surface area (TPSA) is 32.6 Å². The Morgan fingerprint density at radius 3 is 2.53 bits per heavy atom. The summed E-state index contributed by atoms with van der Waals surface area (Å²) in [5.74, 6) is 0.211. The van der Waals surface area contributed by atoms with E-state index in [0.717, 1.165) is 25.0 Å². The highest BCUT2D eigenvalue weighted by Crippen LogP contribution is 2.19. The maximum absolute atomic E-state index is 8.97. The Hall–Kier alpha value is -1.31. The van der Waals surface area contributed by atoms with Crippen LogP contribution < -0.4 is 0 Å². The van der Waals surface area contributed by atoms with Crippen LogP contribution in [0.1, 0.15) is 44.6 Å². The number of rotatable bonds is 5. The molecule has 0 amide bonds. The molecule has 1 aromatic rings. The van der Waals surface area contributed by atoms with E-state index >= 15 is 0 Å². The fraction of sp³-hybridized carbons (Fsp3) is 0.462. The second-order valence-electron chi connectivity index (χ2n) is 3.83. The van der Waals surface area contributed by atoms with Crippen molar-refractivity contribution in [1.29, 1.82) is 0 Å². The maximum Gasteiger partial charge on any atom is 0.0642 e. The third-order valence-electron chi connectivity index (χ3n) is 2.71. The van der Waals surface area contributed by atoms with Crippen molar-refractivity contribution in [3.8, 4) is 0 Å². The summed E-state index contributed by atoms with van der Waals surface area (Å²) >= 11 is 0. The predicted molar refractivity (Wildman–Crippen MR) is 63.6 cm³/mol. The fourth-order valence-electron chi connectivity index (χ4n) is 1.65. The van der Waals surface area contributed by atoms with Crippen LogP contribution in [0.3, 0.4) is 0 Å². The fourth-order valence-corrected chi connectivity index (χ4v) is 1.65. The van der Waals surface area contributed by atoms with Gasteiger partial charge in [0.25, 0.3) is 0 Å². The van der Waals surface area contributed by atoms with E-state index in [-0.39, 0.29) is 5.92 Å². The highest BCUT2D eigenvalue weighted by Gasteiger charge is 2.12. The molecule has 0 saturated heterocycles. The van der Waals surface area contributed by atoms with Crippen molar-refractivity contribution in [3.05, 3.63) is 35.9 Å². The van der Waals surface area contributed by atoms with E-state index < -0.39 is 0 Å². The van der Waals surface area contributed by atoms with Crippen molar-refractivity contribution < 1.29 is 5.21 Å². The summed E-state index contributed by atoms with van der Waals surface area (Å²) in [6, 6.07) is 10.2. The number of hydrogen-bond acceptors (Lipinski definition) is 2. The number of oxime groups is 1. The second-order valence-corrected chi connectivity index (χ2v) is 3.83. The highest BCUT2D eigenvalue weighted by molar-refractivity contribution is 5.90. The lowest BCUT2D eigenvalue weighted by Gasteiger charge is -2.13. The van der Waals surface area contributed by atoms with Gasteiger partial charge in [-0.25, -0.2) is 0 Å². The molecule has 0 spiro atoms. The van der Waals surface area contributed by atoms with Gasteiger partial charge in [0.15, 0.2) is 0 Å². The molecule has 2 heteroatoms. The van der Waals surface area contributed by atoms with Crippen molar-refractivity contribution in [3.63, 3.8) is 0 Å². The van der Waals surface area contributed by atoms with Crippen molar-refractivity contribution in [2.75, 3.05) is 0 Å². The minimum absolute atomic E-state index is 0.211. The quantitative estimate of drug-likeness (QED) is 0.442. The maximum atomic E-state index is 8.97. The van der Waals surface area contributed by atoms with Gasteiger partial charge in [0.05, 0.1) is 5.71 Å². The molecule has 1 aromatic carbocycles. The molecule has 0 heterocycles. The lowest BCUT2D eigenvalue weighted by molar-refractivity contribution is 0.315. The van der Waals surface area contributed by atoms with Crippen LogP contribution in [-0.4, -0.2) is 10.9 Å². The van der Waals surface area contributed by atoms with Gasteiger partial charge in [0.2, 0.25) is 0 Å². The Morgan fingerprint density at radius 2 is 2.00 bits per heavy atom. The normalized spacial score (nSPS) is 13.9. The Labute approximate surface area is 91.6 Å². The molecule has 1 unspecified atom stereocenters. The summed E-state index contributed by atoms with van der Waals surface area (Å²) in [6.07, 6.45) is 3.08. The van der Waals surface area contributed by atoms with Gasteiger partial charge in [-0.1, -0.05) is 55.8 Å². The molecule has 82 valence electrons. The second kappa shape index (κ2) is 6.23. The molecule has 0 aliphatic carbocycles.